The first-order valence-electron chi connectivity index (χ1n) is 4.78. The molecule has 0 atom stereocenters. The Bertz CT molecular complexity index is 512. The Morgan fingerprint density at radius 2 is 2.20 bits per heavy atom. The van der Waals surface area contributed by atoms with E-state index in [0.29, 0.717) is 11.4 Å². The summed E-state index contributed by atoms with van der Waals surface area (Å²) in [4.78, 5) is 18.6. The van der Waals surface area contributed by atoms with E-state index >= 15 is 0 Å². The van der Waals surface area contributed by atoms with Gasteiger partial charge in [-0.05, 0) is 0 Å². The Kier molecular flexibility index (Phi) is 2.37. The molecule has 2 rings (SSSR count). The molecule has 0 aromatic carbocycles. The molecule has 78 valence electrons. The highest BCUT2D eigenvalue weighted by Gasteiger charge is 2.10. The zero-order valence-electron chi connectivity index (χ0n) is 8.61. The van der Waals surface area contributed by atoms with Gasteiger partial charge in [0.25, 0.3) is 0 Å². The molecule has 0 radical (unpaired) electrons. The number of pyridine rings is 1. The van der Waals surface area contributed by atoms with Gasteiger partial charge in [0, 0.05) is 24.4 Å². The first kappa shape index (κ1) is 9.64. The largest absolute Gasteiger partial charge is 0.367 e. The lowest BCUT2D eigenvalue weighted by Crippen LogP contribution is -2.03. The van der Waals surface area contributed by atoms with E-state index in [9.17, 15) is 4.79 Å². The highest BCUT2D eigenvalue weighted by molar-refractivity contribution is 5.52. The molecule has 0 aliphatic rings. The summed E-state index contributed by atoms with van der Waals surface area (Å²) in [5.74, 6) is 1.50. The molecule has 2 N–H and O–H groups in total. The van der Waals surface area contributed by atoms with Crippen LogP contribution in [0.25, 0.3) is 11.4 Å². The standard InChI is InChI=1S/C10H12N4O/c1-6(2)9-12-10(14-13-9)7-5-11-4-3-8(7)15/h3-6H,1-2H3,(H,11,15)(H,12,13,14). The molecule has 0 amide bonds. The zero-order chi connectivity index (χ0) is 10.8. The molecule has 2 heterocycles. The van der Waals surface area contributed by atoms with Crippen LogP contribution in [0.2, 0.25) is 0 Å². The van der Waals surface area contributed by atoms with Gasteiger partial charge in [-0.3, -0.25) is 9.89 Å². The second-order valence-electron chi connectivity index (χ2n) is 3.62. The molecule has 0 fully saturated rings. The number of rotatable bonds is 2. The number of aromatic nitrogens is 4. The van der Waals surface area contributed by atoms with Gasteiger partial charge in [-0.2, -0.15) is 5.10 Å². The third kappa shape index (κ3) is 1.81. The second kappa shape index (κ2) is 3.68. The molecule has 0 aliphatic heterocycles. The molecule has 0 aliphatic carbocycles. The minimum Gasteiger partial charge on any atom is -0.367 e. The van der Waals surface area contributed by atoms with Crippen LogP contribution in [0.15, 0.2) is 23.3 Å². The van der Waals surface area contributed by atoms with Crippen molar-refractivity contribution in [3.8, 4) is 11.4 Å². The second-order valence-corrected chi connectivity index (χ2v) is 3.62. The maximum absolute atomic E-state index is 11.5. The number of hydrogen-bond acceptors (Lipinski definition) is 3. The number of H-pyrrole nitrogens is 2. The number of nitrogens with zero attached hydrogens (tertiary/aromatic N) is 2. The topological polar surface area (TPSA) is 74.4 Å². The molecule has 5 nitrogen and oxygen atoms in total. The molecule has 15 heavy (non-hydrogen) atoms. The van der Waals surface area contributed by atoms with Crippen molar-refractivity contribution in [3.05, 3.63) is 34.5 Å². The summed E-state index contributed by atoms with van der Waals surface area (Å²) in [6, 6.07) is 1.46. The van der Waals surface area contributed by atoms with Crippen LogP contribution in [0.3, 0.4) is 0 Å². The molecule has 0 bridgehead atoms. The van der Waals surface area contributed by atoms with E-state index in [4.69, 9.17) is 0 Å². The van der Waals surface area contributed by atoms with Crippen LogP contribution < -0.4 is 5.43 Å². The van der Waals surface area contributed by atoms with Crippen molar-refractivity contribution in [2.45, 2.75) is 19.8 Å². The first-order chi connectivity index (χ1) is 7.18. The molecule has 2 aromatic rings. The highest BCUT2D eigenvalue weighted by Crippen LogP contribution is 2.13. The quantitative estimate of drug-likeness (QED) is 0.773. The fourth-order valence-corrected chi connectivity index (χ4v) is 1.24. The Morgan fingerprint density at radius 3 is 2.80 bits per heavy atom. The smallest absolute Gasteiger partial charge is 0.192 e. The minimum absolute atomic E-state index is 0.0805. The average molecular weight is 204 g/mol. The molecule has 0 unspecified atom stereocenters. The van der Waals surface area contributed by atoms with Crippen molar-refractivity contribution < 1.29 is 0 Å². The Labute approximate surface area is 86.6 Å². The van der Waals surface area contributed by atoms with Crippen LogP contribution in [-0.4, -0.2) is 20.2 Å². The van der Waals surface area contributed by atoms with Crippen molar-refractivity contribution in [2.24, 2.45) is 0 Å². The summed E-state index contributed by atoms with van der Waals surface area (Å²) in [6.45, 7) is 4.03. The third-order valence-corrected chi connectivity index (χ3v) is 2.11. The summed E-state index contributed by atoms with van der Waals surface area (Å²) in [6.07, 6.45) is 3.19. The Balaban J connectivity index is 2.47. The first-order valence-corrected chi connectivity index (χ1v) is 4.78. The van der Waals surface area contributed by atoms with Gasteiger partial charge in [0.15, 0.2) is 11.3 Å². The van der Waals surface area contributed by atoms with Crippen molar-refractivity contribution in [3.63, 3.8) is 0 Å². The molecular weight excluding hydrogens is 192 g/mol. The minimum atomic E-state index is -0.0805. The molecule has 2 aromatic heterocycles. The van der Waals surface area contributed by atoms with Gasteiger partial charge in [0.1, 0.15) is 5.82 Å². The van der Waals surface area contributed by atoms with Gasteiger partial charge in [-0.15, -0.1) is 0 Å². The SMILES string of the molecule is CC(C)c1nc(-c2c[nH]ccc2=O)n[nH]1. The van der Waals surface area contributed by atoms with Crippen LogP contribution in [0.5, 0.6) is 0 Å². The van der Waals surface area contributed by atoms with Crippen LogP contribution >= 0.6 is 0 Å². The summed E-state index contributed by atoms with van der Waals surface area (Å²) in [5, 5.41) is 6.83. The molecule has 0 saturated heterocycles. The summed E-state index contributed by atoms with van der Waals surface area (Å²) in [7, 11) is 0. The fraction of sp³-hybridized carbons (Fsp3) is 0.300. The number of nitrogens with one attached hydrogen (secondary N) is 2. The van der Waals surface area contributed by atoms with Crippen LogP contribution in [0.4, 0.5) is 0 Å². The summed E-state index contributed by atoms with van der Waals surface area (Å²) in [5.41, 5.74) is 0.406. The van der Waals surface area contributed by atoms with Crippen molar-refractivity contribution in [2.75, 3.05) is 0 Å². The summed E-state index contributed by atoms with van der Waals surface area (Å²) >= 11 is 0. The summed E-state index contributed by atoms with van der Waals surface area (Å²) < 4.78 is 0. The van der Waals surface area contributed by atoms with Crippen molar-refractivity contribution >= 4 is 0 Å². The molecular formula is C10H12N4O. The van der Waals surface area contributed by atoms with E-state index in [2.05, 4.69) is 20.2 Å². The van der Waals surface area contributed by atoms with Gasteiger partial charge in [0.2, 0.25) is 0 Å². The van der Waals surface area contributed by atoms with Gasteiger partial charge in [0.05, 0.1) is 5.56 Å². The lowest BCUT2D eigenvalue weighted by atomic mass is 10.2. The maximum Gasteiger partial charge on any atom is 0.192 e. The monoisotopic (exact) mass is 204 g/mol. The molecule has 5 heteroatoms. The zero-order valence-corrected chi connectivity index (χ0v) is 8.61. The van der Waals surface area contributed by atoms with E-state index in [1.54, 1.807) is 12.4 Å². The van der Waals surface area contributed by atoms with E-state index in [1.807, 2.05) is 13.8 Å². The van der Waals surface area contributed by atoms with E-state index in [1.165, 1.54) is 6.07 Å². The number of aromatic amines is 2. The van der Waals surface area contributed by atoms with Crippen LogP contribution in [-0.2, 0) is 0 Å². The lowest BCUT2D eigenvalue weighted by molar-refractivity contribution is 0.781. The van der Waals surface area contributed by atoms with Gasteiger partial charge in [-0.1, -0.05) is 13.8 Å². The lowest BCUT2D eigenvalue weighted by Gasteiger charge is -1.95. The van der Waals surface area contributed by atoms with E-state index < -0.39 is 0 Å². The van der Waals surface area contributed by atoms with Crippen molar-refractivity contribution in [1.29, 1.82) is 0 Å². The van der Waals surface area contributed by atoms with E-state index in [-0.39, 0.29) is 11.3 Å². The fourth-order valence-electron chi connectivity index (χ4n) is 1.24. The normalized spacial score (nSPS) is 10.9. The predicted molar refractivity (Wildman–Crippen MR) is 56.5 cm³/mol. The predicted octanol–water partition coefficient (Wildman–Crippen LogP) is 1.28. The molecule has 0 spiro atoms. The van der Waals surface area contributed by atoms with Gasteiger partial charge >= 0.3 is 0 Å². The van der Waals surface area contributed by atoms with Crippen LogP contribution in [0.1, 0.15) is 25.6 Å². The van der Waals surface area contributed by atoms with E-state index in [0.717, 1.165) is 5.82 Å². The molecule has 0 saturated carbocycles. The van der Waals surface area contributed by atoms with Crippen LogP contribution in [0, 0.1) is 0 Å². The van der Waals surface area contributed by atoms with Crippen molar-refractivity contribution in [1.82, 2.24) is 20.2 Å². The Morgan fingerprint density at radius 1 is 1.40 bits per heavy atom. The number of hydrogen-bond donors (Lipinski definition) is 2. The Hall–Kier alpha value is -1.91. The highest BCUT2D eigenvalue weighted by atomic mass is 16.1. The van der Waals surface area contributed by atoms with Gasteiger partial charge < -0.3 is 4.98 Å². The maximum atomic E-state index is 11.5. The van der Waals surface area contributed by atoms with Gasteiger partial charge in [-0.25, -0.2) is 4.98 Å². The average Bonchev–Trinajstić information content (AvgIpc) is 2.67. The third-order valence-electron chi connectivity index (χ3n) is 2.11.